The standard InChI is InChI=1S/C17H25ClN2/c1-3-7-16-13-20(12-14(2)10-18)17(11-19-16)15-8-5-4-6-9-15/h4-6,8-10,16-17,19H,3,7,11-13H2,1-2H3/b14-10+. The van der Waals surface area contributed by atoms with Crippen LogP contribution in [-0.2, 0) is 0 Å². The lowest BCUT2D eigenvalue weighted by Gasteiger charge is -2.41. The third-order valence-electron chi connectivity index (χ3n) is 3.96. The van der Waals surface area contributed by atoms with Crippen LogP contribution in [0.2, 0.25) is 0 Å². The smallest absolute Gasteiger partial charge is 0.0476 e. The molecule has 1 fully saturated rings. The Labute approximate surface area is 127 Å². The number of hydrogen-bond acceptors (Lipinski definition) is 2. The molecule has 3 heteroatoms. The van der Waals surface area contributed by atoms with E-state index >= 15 is 0 Å². The summed E-state index contributed by atoms with van der Waals surface area (Å²) in [5.41, 5.74) is 4.32. The summed E-state index contributed by atoms with van der Waals surface area (Å²) in [5.74, 6) is 0. The molecule has 0 amide bonds. The largest absolute Gasteiger partial charge is 0.311 e. The van der Waals surface area contributed by atoms with Crippen LogP contribution in [-0.4, -0.2) is 30.6 Å². The highest BCUT2D eigenvalue weighted by Crippen LogP contribution is 2.25. The molecule has 110 valence electrons. The minimum Gasteiger partial charge on any atom is -0.311 e. The van der Waals surface area contributed by atoms with E-state index in [9.17, 15) is 0 Å². The summed E-state index contributed by atoms with van der Waals surface area (Å²) >= 11 is 5.86. The Bertz CT molecular complexity index is 430. The van der Waals surface area contributed by atoms with Crippen molar-refractivity contribution >= 4 is 11.6 Å². The first-order valence-electron chi connectivity index (χ1n) is 7.52. The van der Waals surface area contributed by atoms with E-state index in [-0.39, 0.29) is 0 Å². The molecule has 1 aromatic carbocycles. The van der Waals surface area contributed by atoms with Crippen molar-refractivity contribution in [3.05, 3.63) is 47.0 Å². The van der Waals surface area contributed by atoms with Gasteiger partial charge >= 0.3 is 0 Å². The summed E-state index contributed by atoms with van der Waals surface area (Å²) < 4.78 is 0. The Balaban J connectivity index is 2.12. The highest BCUT2D eigenvalue weighted by atomic mass is 35.5. The third-order valence-corrected chi connectivity index (χ3v) is 4.33. The van der Waals surface area contributed by atoms with Crippen molar-refractivity contribution in [2.75, 3.05) is 19.6 Å². The summed E-state index contributed by atoms with van der Waals surface area (Å²) in [6, 6.07) is 11.8. The van der Waals surface area contributed by atoms with E-state index in [2.05, 4.69) is 54.4 Å². The molecule has 0 radical (unpaired) electrons. The van der Waals surface area contributed by atoms with E-state index in [4.69, 9.17) is 11.6 Å². The molecule has 0 aromatic heterocycles. The molecule has 1 aliphatic rings. The van der Waals surface area contributed by atoms with Crippen LogP contribution in [0.4, 0.5) is 0 Å². The summed E-state index contributed by atoms with van der Waals surface area (Å²) in [6.07, 6.45) is 2.47. The molecule has 1 aliphatic heterocycles. The molecule has 0 spiro atoms. The second-order valence-corrected chi connectivity index (χ2v) is 5.92. The van der Waals surface area contributed by atoms with Crippen LogP contribution in [0.3, 0.4) is 0 Å². The van der Waals surface area contributed by atoms with Gasteiger partial charge in [0, 0.05) is 37.3 Å². The van der Waals surface area contributed by atoms with Gasteiger partial charge in [0.05, 0.1) is 0 Å². The first-order valence-corrected chi connectivity index (χ1v) is 7.96. The number of halogens is 1. The average molecular weight is 293 g/mol. The van der Waals surface area contributed by atoms with Crippen LogP contribution in [0.25, 0.3) is 0 Å². The van der Waals surface area contributed by atoms with Gasteiger partial charge in [-0.2, -0.15) is 0 Å². The lowest BCUT2D eigenvalue weighted by Crippen LogP contribution is -2.52. The first-order chi connectivity index (χ1) is 9.74. The van der Waals surface area contributed by atoms with Gasteiger partial charge in [0.15, 0.2) is 0 Å². The second-order valence-electron chi connectivity index (χ2n) is 5.71. The van der Waals surface area contributed by atoms with E-state index in [0.29, 0.717) is 12.1 Å². The Morgan fingerprint density at radius 3 is 2.80 bits per heavy atom. The Morgan fingerprint density at radius 2 is 2.15 bits per heavy atom. The number of rotatable bonds is 5. The fourth-order valence-electron chi connectivity index (χ4n) is 2.96. The zero-order chi connectivity index (χ0) is 14.4. The fraction of sp³-hybridized carbons (Fsp3) is 0.529. The summed E-state index contributed by atoms with van der Waals surface area (Å²) in [5, 5.41) is 3.70. The van der Waals surface area contributed by atoms with E-state index in [1.807, 2.05) is 0 Å². The molecule has 2 unspecified atom stereocenters. The topological polar surface area (TPSA) is 15.3 Å². The second kappa shape index (κ2) is 7.82. The lowest BCUT2D eigenvalue weighted by atomic mass is 9.99. The summed E-state index contributed by atoms with van der Waals surface area (Å²) in [6.45, 7) is 7.41. The SMILES string of the molecule is CCCC1CN(C/C(C)=C/Cl)C(c2ccccc2)CN1. The highest BCUT2D eigenvalue weighted by molar-refractivity contribution is 6.25. The van der Waals surface area contributed by atoms with Crippen LogP contribution in [0.5, 0.6) is 0 Å². The van der Waals surface area contributed by atoms with Gasteiger partial charge in [-0.1, -0.05) is 55.3 Å². The zero-order valence-corrected chi connectivity index (χ0v) is 13.2. The molecule has 1 aromatic rings. The fourth-order valence-corrected chi connectivity index (χ4v) is 3.03. The zero-order valence-electron chi connectivity index (χ0n) is 12.5. The van der Waals surface area contributed by atoms with Crippen molar-refractivity contribution in [2.45, 2.75) is 38.8 Å². The van der Waals surface area contributed by atoms with Crippen molar-refractivity contribution in [1.29, 1.82) is 0 Å². The number of nitrogens with zero attached hydrogens (tertiary/aromatic N) is 1. The molecule has 1 heterocycles. The van der Waals surface area contributed by atoms with Gasteiger partial charge in [0.25, 0.3) is 0 Å². The average Bonchev–Trinajstić information content (AvgIpc) is 2.48. The van der Waals surface area contributed by atoms with Crippen LogP contribution in [0, 0.1) is 0 Å². The Hall–Kier alpha value is -0.830. The molecule has 2 nitrogen and oxygen atoms in total. The number of benzene rings is 1. The number of piperazine rings is 1. The van der Waals surface area contributed by atoms with Crippen LogP contribution in [0.1, 0.15) is 38.3 Å². The quantitative estimate of drug-likeness (QED) is 0.884. The van der Waals surface area contributed by atoms with E-state index < -0.39 is 0 Å². The highest BCUT2D eigenvalue weighted by Gasteiger charge is 2.28. The Kier molecular flexibility index (Phi) is 6.08. The van der Waals surface area contributed by atoms with Gasteiger partial charge in [-0.05, 0) is 24.5 Å². The monoisotopic (exact) mass is 292 g/mol. The molecule has 0 aliphatic carbocycles. The van der Waals surface area contributed by atoms with Gasteiger partial charge in [-0.3, -0.25) is 4.90 Å². The molecular weight excluding hydrogens is 268 g/mol. The molecule has 0 bridgehead atoms. The van der Waals surface area contributed by atoms with Gasteiger partial charge < -0.3 is 5.32 Å². The van der Waals surface area contributed by atoms with E-state index in [0.717, 1.165) is 19.6 Å². The van der Waals surface area contributed by atoms with E-state index in [1.54, 1.807) is 5.54 Å². The molecule has 0 saturated carbocycles. The van der Waals surface area contributed by atoms with Crippen LogP contribution in [0.15, 0.2) is 41.4 Å². The maximum atomic E-state index is 5.86. The van der Waals surface area contributed by atoms with Crippen molar-refractivity contribution in [3.63, 3.8) is 0 Å². The molecule has 20 heavy (non-hydrogen) atoms. The third kappa shape index (κ3) is 4.08. The van der Waals surface area contributed by atoms with Gasteiger partial charge in [-0.25, -0.2) is 0 Å². The molecule has 1 saturated heterocycles. The van der Waals surface area contributed by atoms with Gasteiger partial charge in [0.2, 0.25) is 0 Å². The Morgan fingerprint density at radius 1 is 1.40 bits per heavy atom. The normalized spacial score (nSPS) is 24.9. The maximum Gasteiger partial charge on any atom is 0.0476 e. The molecular formula is C17H25ClN2. The van der Waals surface area contributed by atoms with E-state index in [1.165, 1.54) is 24.0 Å². The number of hydrogen-bond donors (Lipinski definition) is 1. The maximum absolute atomic E-state index is 5.86. The number of nitrogens with one attached hydrogen (secondary N) is 1. The van der Waals surface area contributed by atoms with Crippen LogP contribution < -0.4 is 5.32 Å². The van der Waals surface area contributed by atoms with Gasteiger partial charge in [0.1, 0.15) is 0 Å². The van der Waals surface area contributed by atoms with Gasteiger partial charge in [-0.15, -0.1) is 0 Å². The summed E-state index contributed by atoms with van der Waals surface area (Å²) in [4.78, 5) is 2.56. The molecule has 2 rings (SSSR count). The predicted octanol–water partition coefficient (Wildman–Crippen LogP) is 3.94. The predicted molar refractivity (Wildman–Crippen MR) is 87.1 cm³/mol. The molecule has 2 atom stereocenters. The van der Waals surface area contributed by atoms with Crippen molar-refractivity contribution in [1.82, 2.24) is 10.2 Å². The first kappa shape index (κ1) is 15.6. The minimum absolute atomic E-state index is 0.441. The summed E-state index contributed by atoms with van der Waals surface area (Å²) in [7, 11) is 0. The van der Waals surface area contributed by atoms with Crippen molar-refractivity contribution in [3.8, 4) is 0 Å². The van der Waals surface area contributed by atoms with Crippen molar-refractivity contribution < 1.29 is 0 Å². The molecule has 1 N–H and O–H groups in total. The van der Waals surface area contributed by atoms with Crippen molar-refractivity contribution in [2.24, 2.45) is 0 Å². The lowest BCUT2D eigenvalue weighted by molar-refractivity contribution is 0.138. The van der Waals surface area contributed by atoms with Crippen LogP contribution >= 0.6 is 11.6 Å². The minimum atomic E-state index is 0.441.